The Bertz CT molecular complexity index is 557. The van der Waals surface area contributed by atoms with Crippen molar-refractivity contribution in [1.29, 1.82) is 0 Å². The summed E-state index contributed by atoms with van der Waals surface area (Å²) in [5.74, 6) is 0. The van der Waals surface area contributed by atoms with Gasteiger partial charge in [0.25, 0.3) is 5.56 Å². The summed E-state index contributed by atoms with van der Waals surface area (Å²) in [6.45, 7) is 2.00. The van der Waals surface area contributed by atoms with Gasteiger partial charge in [-0.25, -0.2) is 9.97 Å². The van der Waals surface area contributed by atoms with Crippen LogP contribution in [0.5, 0.6) is 0 Å². The Morgan fingerprint density at radius 2 is 2.38 bits per heavy atom. The van der Waals surface area contributed by atoms with Crippen molar-refractivity contribution in [3.63, 3.8) is 0 Å². The molecule has 1 N–H and O–H groups in total. The van der Waals surface area contributed by atoms with E-state index in [4.69, 9.17) is 0 Å². The summed E-state index contributed by atoms with van der Waals surface area (Å²) >= 11 is 0. The Morgan fingerprint density at radius 1 is 1.56 bits per heavy atom. The summed E-state index contributed by atoms with van der Waals surface area (Å²) in [4.78, 5) is 32.8. The summed E-state index contributed by atoms with van der Waals surface area (Å²) in [6, 6.07) is -0.302. The number of nitrogens with one attached hydrogen (secondary N) is 1. The fourth-order valence-electron chi connectivity index (χ4n) is 1.67. The maximum absolute atomic E-state index is 11.4. The third-order valence-corrected chi connectivity index (χ3v) is 2.46. The van der Waals surface area contributed by atoms with Crippen molar-refractivity contribution in [3.8, 4) is 0 Å². The van der Waals surface area contributed by atoms with E-state index in [1.807, 2.05) is 6.92 Å². The van der Waals surface area contributed by atoms with Crippen molar-refractivity contribution in [2.45, 2.75) is 25.8 Å². The number of H-pyrrole nitrogens is 1. The van der Waals surface area contributed by atoms with E-state index in [1.165, 1.54) is 12.7 Å². The average Bonchev–Trinajstić information content (AvgIpc) is 2.71. The summed E-state index contributed by atoms with van der Waals surface area (Å²) in [5, 5.41) is 0. The second-order valence-corrected chi connectivity index (χ2v) is 3.55. The van der Waals surface area contributed by atoms with Crippen molar-refractivity contribution in [3.05, 3.63) is 23.0 Å². The maximum atomic E-state index is 11.4. The Labute approximate surface area is 91.3 Å². The molecule has 0 fully saturated rings. The molecule has 0 amide bonds. The summed E-state index contributed by atoms with van der Waals surface area (Å²) < 4.78 is 1.64. The zero-order valence-corrected chi connectivity index (χ0v) is 8.88. The molecule has 1 atom stereocenters. The molecular formula is C10H12N4O2. The molecular weight excluding hydrogens is 208 g/mol. The highest BCUT2D eigenvalue weighted by Gasteiger charge is 2.14. The number of carbonyl (C=O) groups is 1. The van der Waals surface area contributed by atoms with E-state index in [-0.39, 0.29) is 17.1 Å². The van der Waals surface area contributed by atoms with Crippen LogP contribution in [0.4, 0.5) is 0 Å². The Kier molecular flexibility index (Phi) is 2.80. The Balaban J connectivity index is 2.57. The molecule has 2 aromatic heterocycles. The van der Waals surface area contributed by atoms with Gasteiger partial charge in [-0.05, 0) is 6.42 Å². The van der Waals surface area contributed by atoms with Crippen molar-refractivity contribution in [2.24, 2.45) is 0 Å². The first kappa shape index (κ1) is 10.5. The molecule has 2 aromatic rings. The van der Waals surface area contributed by atoms with Crippen LogP contribution in [0.1, 0.15) is 25.8 Å². The highest BCUT2D eigenvalue weighted by atomic mass is 16.1. The molecule has 0 aliphatic carbocycles. The van der Waals surface area contributed by atoms with Gasteiger partial charge in [-0.15, -0.1) is 0 Å². The van der Waals surface area contributed by atoms with Crippen LogP contribution in [-0.4, -0.2) is 25.8 Å². The first-order valence-corrected chi connectivity index (χ1v) is 5.13. The number of hydrogen-bond acceptors (Lipinski definition) is 4. The molecule has 6 heteroatoms. The van der Waals surface area contributed by atoms with E-state index < -0.39 is 0 Å². The maximum Gasteiger partial charge on any atom is 0.278 e. The molecule has 2 rings (SSSR count). The lowest BCUT2D eigenvalue weighted by Crippen LogP contribution is -2.12. The summed E-state index contributed by atoms with van der Waals surface area (Å²) in [6.07, 6.45) is 5.25. The summed E-state index contributed by atoms with van der Waals surface area (Å²) in [7, 11) is 0. The lowest BCUT2D eigenvalue weighted by molar-refractivity contribution is -0.110. The highest BCUT2D eigenvalue weighted by Crippen LogP contribution is 2.15. The van der Waals surface area contributed by atoms with Crippen LogP contribution < -0.4 is 5.56 Å². The third-order valence-electron chi connectivity index (χ3n) is 2.46. The van der Waals surface area contributed by atoms with Gasteiger partial charge in [0.15, 0.2) is 11.2 Å². The van der Waals surface area contributed by atoms with Crippen molar-refractivity contribution in [1.82, 2.24) is 19.5 Å². The van der Waals surface area contributed by atoms with Crippen molar-refractivity contribution < 1.29 is 4.79 Å². The predicted molar refractivity (Wildman–Crippen MR) is 58.2 cm³/mol. The molecule has 0 spiro atoms. The standard InChI is InChI=1S/C10H12N4O2/c1-2-3-7(4-15)14-6-13-8-9(14)11-5-12-10(8)16/h4-7H,2-3H2,1H3,(H,11,12,16). The van der Waals surface area contributed by atoms with Gasteiger partial charge in [-0.1, -0.05) is 13.3 Å². The summed E-state index contributed by atoms with van der Waals surface area (Å²) in [5.41, 5.74) is 0.435. The first-order chi connectivity index (χ1) is 7.77. The predicted octanol–water partition coefficient (Wildman–Crippen LogP) is 0.660. The molecule has 6 nitrogen and oxygen atoms in total. The number of aromatic amines is 1. The van der Waals surface area contributed by atoms with E-state index >= 15 is 0 Å². The fraction of sp³-hybridized carbons (Fsp3) is 0.400. The smallest absolute Gasteiger partial charge is 0.278 e. The minimum atomic E-state index is -0.302. The van der Waals surface area contributed by atoms with Crippen molar-refractivity contribution in [2.75, 3.05) is 0 Å². The van der Waals surface area contributed by atoms with Crippen LogP contribution in [0.25, 0.3) is 11.2 Å². The molecule has 16 heavy (non-hydrogen) atoms. The van der Waals surface area contributed by atoms with Gasteiger partial charge in [0.05, 0.1) is 18.7 Å². The largest absolute Gasteiger partial charge is 0.311 e. The SMILES string of the molecule is CCCC(C=O)n1cnc2c(=O)[nH]cnc21. The number of hydrogen-bond donors (Lipinski definition) is 1. The number of imidazole rings is 1. The van der Waals surface area contributed by atoms with E-state index in [0.29, 0.717) is 12.1 Å². The van der Waals surface area contributed by atoms with E-state index in [1.54, 1.807) is 4.57 Å². The second kappa shape index (κ2) is 4.26. The minimum Gasteiger partial charge on any atom is -0.311 e. The van der Waals surface area contributed by atoms with Gasteiger partial charge in [0.2, 0.25) is 0 Å². The van der Waals surface area contributed by atoms with Gasteiger partial charge in [-0.3, -0.25) is 4.79 Å². The van der Waals surface area contributed by atoms with Crippen LogP contribution in [-0.2, 0) is 4.79 Å². The number of aldehydes is 1. The lowest BCUT2D eigenvalue weighted by atomic mass is 10.2. The number of rotatable bonds is 4. The molecule has 2 heterocycles. The molecule has 1 unspecified atom stereocenters. The zero-order chi connectivity index (χ0) is 11.5. The highest BCUT2D eigenvalue weighted by molar-refractivity contribution is 5.71. The lowest BCUT2D eigenvalue weighted by Gasteiger charge is -2.10. The topological polar surface area (TPSA) is 80.6 Å². The molecule has 0 radical (unpaired) electrons. The van der Waals surface area contributed by atoms with Crippen LogP contribution in [0, 0.1) is 0 Å². The minimum absolute atomic E-state index is 0.269. The van der Waals surface area contributed by atoms with Crippen LogP contribution >= 0.6 is 0 Å². The van der Waals surface area contributed by atoms with E-state index in [2.05, 4.69) is 15.0 Å². The third kappa shape index (κ3) is 1.62. The molecule has 0 saturated heterocycles. The van der Waals surface area contributed by atoms with Gasteiger partial charge in [0, 0.05) is 0 Å². The number of fused-ring (bicyclic) bond motifs is 1. The molecule has 0 saturated carbocycles. The fourth-order valence-corrected chi connectivity index (χ4v) is 1.67. The first-order valence-electron chi connectivity index (χ1n) is 5.13. The Morgan fingerprint density at radius 3 is 3.06 bits per heavy atom. The molecule has 0 bridgehead atoms. The quantitative estimate of drug-likeness (QED) is 0.767. The van der Waals surface area contributed by atoms with Crippen LogP contribution in [0.15, 0.2) is 17.4 Å². The zero-order valence-electron chi connectivity index (χ0n) is 8.88. The molecule has 0 aliphatic heterocycles. The Hall–Kier alpha value is -1.98. The van der Waals surface area contributed by atoms with E-state index in [0.717, 1.165) is 12.7 Å². The van der Waals surface area contributed by atoms with Crippen LogP contribution in [0.3, 0.4) is 0 Å². The normalized spacial score (nSPS) is 12.8. The van der Waals surface area contributed by atoms with Crippen LogP contribution in [0.2, 0.25) is 0 Å². The molecule has 0 aliphatic rings. The number of aromatic nitrogens is 4. The molecule has 0 aromatic carbocycles. The number of carbonyl (C=O) groups excluding carboxylic acids is 1. The van der Waals surface area contributed by atoms with Gasteiger partial charge in [-0.2, -0.15) is 0 Å². The van der Waals surface area contributed by atoms with Gasteiger partial charge >= 0.3 is 0 Å². The monoisotopic (exact) mass is 220 g/mol. The van der Waals surface area contributed by atoms with Crippen molar-refractivity contribution >= 4 is 17.5 Å². The van der Waals surface area contributed by atoms with E-state index in [9.17, 15) is 9.59 Å². The molecule has 84 valence electrons. The second-order valence-electron chi connectivity index (χ2n) is 3.55. The number of nitrogens with zero attached hydrogens (tertiary/aromatic N) is 3. The van der Waals surface area contributed by atoms with Gasteiger partial charge in [0.1, 0.15) is 6.29 Å². The van der Waals surface area contributed by atoms with Gasteiger partial charge < -0.3 is 14.3 Å². The average molecular weight is 220 g/mol.